The minimum absolute atomic E-state index is 0.129. The zero-order valence-corrected chi connectivity index (χ0v) is 21.1. The van der Waals surface area contributed by atoms with Crippen LogP contribution in [-0.4, -0.2) is 45.6 Å². The van der Waals surface area contributed by atoms with Crippen LogP contribution in [0.5, 0.6) is 0 Å². The first kappa shape index (κ1) is 24.1. The number of benzene rings is 2. The lowest BCUT2D eigenvalue weighted by Gasteiger charge is -2.19. The van der Waals surface area contributed by atoms with Crippen molar-refractivity contribution >= 4 is 28.8 Å². The molecule has 2 atom stereocenters. The molecule has 180 valence electrons. The Balaban J connectivity index is 1.47. The number of nitrogens with zero attached hydrogens (tertiary/aromatic N) is 3. The van der Waals surface area contributed by atoms with Gasteiger partial charge in [0.2, 0.25) is 0 Å². The number of imidazole rings is 1. The third-order valence-corrected chi connectivity index (χ3v) is 6.97. The van der Waals surface area contributed by atoms with E-state index in [1.165, 1.54) is 12.8 Å². The van der Waals surface area contributed by atoms with Crippen molar-refractivity contribution in [1.82, 2.24) is 14.9 Å². The molecule has 2 heterocycles. The van der Waals surface area contributed by atoms with Gasteiger partial charge in [-0.2, -0.15) is 0 Å². The molecule has 0 radical (unpaired) electrons. The van der Waals surface area contributed by atoms with E-state index in [-0.39, 0.29) is 11.9 Å². The molecule has 4 rings (SSSR count). The van der Waals surface area contributed by atoms with Crippen LogP contribution in [0.25, 0.3) is 11.0 Å². The number of carbonyl (C=O) groups excluding carboxylic acids is 1. The highest BCUT2D eigenvalue weighted by molar-refractivity contribution is 6.06. The molecule has 34 heavy (non-hydrogen) atoms. The van der Waals surface area contributed by atoms with E-state index in [4.69, 9.17) is 9.98 Å². The molecule has 1 aromatic heterocycles. The molecule has 2 aromatic carbocycles. The van der Waals surface area contributed by atoms with Gasteiger partial charge in [-0.25, -0.2) is 4.98 Å². The first-order valence-electron chi connectivity index (χ1n) is 12.5. The third-order valence-electron chi connectivity index (χ3n) is 6.97. The fourth-order valence-electron chi connectivity index (χ4n) is 4.68. The molecule has 0 aliphatic carbocycles. The minimum atomic E-state index is -0.129. The normalized spacial score (nSPS) is 17.8. The Morgan fingerprint density at radius 3 is 2.82 bits per heavy atom. The summed E-state index contributed by atoms with van der Waals surface area (Å²) in [5, 5.41) is 3.04. The van der Waals surface area contributed by atoms with Crippen LogP contribution in [0.1, 0.15) is 74.3 Å². The number of nitrogens with one attached hydrogen (secondary N) is 2. The first-order valence-corrected chi connectivity index (χ1v) is 12.5. The number of fused-ring (bicyclic) bond motifs is 1. The number of aromatic nitrogens is 2. The Labute approximate surface area is 202 Å². The lowest BCUT2D eigenvalue weighted by molar-refractivity contribution is 0.102. The van der Waals surface area contributed by atoms with E-state index >= 15 is 0 Å². The standard InChI is InChI=1S/C28H37N5O/c1-6-24(18(2)3)29-16-22-14-21(10-9-19(22)4)28(34)30-23-11-12-25-26(15-23)32-27(31-25)17-33-13-7-8-20(33)5/h9-12,14-16,18,20,24H,6-8,13,17H2,1-5H3,(H,30,34)(H,31,32). The fraction of sp³-hybridized carbons (Fsp3) is 0.464. The summed E-state index contributed by atoms with van der Waals surface area (Å²) in [5.41, 5.74) is 5.33. The highest BCUT2D eigenvalue weighted by Gasteiger charge is 2.21. The molecule has 3 aromatic rings. The van der Waals surface area contributed by atoms with Gasteiger partial charge < -0.3 is 10.3 Å². The molecule has 1 aliphatic heterocycles. The Morgan fingerprint density at radius 1 is 1.29 bits per heavy atom. The number of H-pyrrole nitrogens is 1. The summed E-state index contributed by atoms with van der Waals surface area (Å²) < 4.78 is 0. The van der Waals surface area contributed by atoms with E-state index in [0.717, 1.165) is 53.2 Å². The molecule has 2 N–H and O–H groups in total. The van der Waals surface area contributed by atoms with Gasteiger partial charge in [-0.1, -0.05) is 26.8 Å². The average molecular weight is 460 g/mol. The predicted octanol–water partition coefficient (Wildman–Crippen LogP) is 5.96. The number of anilines is 1. The Morgan fingerprint density at radius 2 is 2.12 bits per heavy atom. The van der Waals surface area contributed by atoms with E-state index in [1.54, 1.807) is 0 Å². The Kier molecular flexibility index (Phi) is 7.47. The summed E-state index contributed by atoms with van der Waals surface area (Å²) in [4.78, 5) is 28.4. The number of hydrogen-bond donors (Lipinski definition) is 2. The molecule has 2 unspecified atom stereocenters. The molecule has 1 saturated heterocycles. The van der Waals surface area contributed by atoms with Crippen molar-refractivity contribution in [1.29, 1.82) is 0 Å². The van der Waals surface area contributed by atoms with E-state index in [1.807, 2.05) is 49.5 Å². The van der Waals surface area contributed by atoms with Gasteiger partial charge in [-0.05, 0) is 87.0 Å². The monoisotopic (exact) mass is 459 g/mol. The highest BCUT2D eigenvalue weighted by Crippen LogP contribution is 2.22. The third kappa shape index (κ3) is 5.55. The molecular formula is C28H37N5O. The topological polar surface area (TPSA) is 73.4 Å². The number of amides is 1. The molecule has 1 amide bonds. The van der Waals surface area contributed by atoms with Crippen molar-refractivity contribution in [3.8, 4) is 0 Å². The van der Waals surface area contributed by atoms with Crippen molar-refractivity contribution in [2.45, 2.75) is 72.5 Å². The maximum Gasteiger partial charge on any atom is 0.255 e. The van der Waals surface area contributed by atoms with E-state index in [0.29, 0.717) is 17.5 Å². The summed E-state index contributed by atoms with van der Waals surface area (Å²) in [6.45, 7) is 12.8. The van der Waals surface area contributed by atoms with Crippen LogP contribution in [0.2, 0.25) is 0 Å². The van der Waals surface area contributed by atoms with Crippen molar-refractivity contribution < 1.29 is 4.79 Å². The number of aliphatic imine (C=N–C) groups is 1. The summed E-state index contributed by atoms with van der Waals surface area (Å²) in [6.07, 6.45) is 5.42. The summed E-state index contributed by atoms with van der Waals surface area (Å²) in [7, 11) is 0. The maximum absolute atomic E-state index is 13.0. The Bertz CT molecular complexity index is 1180. The molecule has 1 aliphatic rings. The van der Waals surface area contributed by atoms with Crippen LogP contribution in [0.3, 0.4) is 0 Å². The molecule has 6 nitrogen and oxygen atoms in total. The second kappa shape index (κ2) is 10.5. The van der Waals surface area contributed by atoms with Crippen LogP contribution in [0.4, 0.5) is 5.69 Å². The zero-order valence-electron chi connectivity index (χ0n) is 21.1. The number of aromatic amines is 1. The maximum atomic E-state index is 13.0. The van der Waals surface area contributed by atoms with Crippen molar-refractivity contribution in [3.05, 3.63) is 58.9 Å². The lowest BCUT2D eigenvalue weighted by Crippen LogP contribution is -2.26. The van der Waals surface area contributed by atoms with Crippen LogP contribution < -0.4 is 5.32 Å². The molecule has 1 fully saturated rings. The zero-order chi connectivity index (χ0) is 24.2. The van der Waals surface area contributed by atoms with Gasteiger partial charge in [-0.15, -0.1) is 0 Å². The Hall–Kier alpha value is -2.99. The average Bonchev–Trinajstić information content (AvgIpc) is 3.40. The summed E-state index contributed by atoms with van der Waals surface area (Å²) in [6, 6.07) is 12.5. The van der Waals surface area contributed by atoms with Gasteiger partial charge >= 0.3 is 0 Å². The van der Waals surface area contributed by atoms with Gasteiger partial charge in [0.15, 0.2) is 0 Å². The molecule has 0 spiro atoms. The largest absolute Gasteiger partial charge is 0.341 e. The van der Waals surface area contributed by atoms with Gasteiger partial charge in [-0.3, -0.25) is 14.7 Å². The highest BCUT2D eigenvalue weighted by atomic mass is 16.1. The first-order chi connectivity index (χ1) is 16.3. The number of aryl methyl sites for hydroxylation is 1. The predicted molar refractivity (Wildman–Crippen MR) is 141 cm³/mol. The smallest absolute Gasteiger partial charge is 0.255 e. The number of rotatable bonds is 8. The van der Waals surface area contributed by atoms with Crippen LogP contribution >= 0.6 is 0 Å². The number of likely N-dealkylation sites (tertiary alicyclic amines) is 1. The molecule has 0 saturated carbocycles. The number of carbonyl (C=O) groups is 1. The summed E-state index contributed by atoms with van der Waals surface area (Å²) in [5.74, 6) is 1.33. The van der Waals surface area contributed by atoms with E-state index in [9.17, 15) is 4.79 Å². The molecular weight excluding hydrogens is 422 g/mol. The van der Waals surface area contributed by atoms with E-state index in [2.05, 4.69) is 42.9 Å². The van der Waals surface area contributed by atoms with Crippen molar-refractivity contribution in [2.75, 3.05) is 11.9 Å². The van der Waals surface area contributed by atoms with Gasteiger partial charge in [0.1, 0.15) is 5.82 Å². The fourth-order valence-corrected chi connectivity index (χ4v) is 4.68. The number of hydrogen-bond acceptors (Lipinski definition) is 4. The second-order valence-electron chi connectivity index (χ2n) is 9.90. The quantitative estimate of drug-likeness (QED) is 0.408. The molecule has 6 heteroatoms. The van der Waals surface area contributed by atoms with Crippen LogP contribution in [0, 0.1) is 12.8 Å². The SMILES string of the molecule is CCC(N=Cc1cc(C(=O)Nc2ccc3nc(CN4CCCC4C)[nH]c3c2)ccc1C)C(C)C. The second-order valence-corrected chi connectivity index (χ2v) is 9.90. The van der Waals surface area contributed by atoms with Gasteiger partial charge in [0.25, 0.3) is 5.91 Å². The van der Waals surface area contributed by atoms with Crippen LogP contribution in [0.15, 0.2) is 41.4 Å². The van der Waals surface area contributed by atoms with E-state index < -0.39 is 0 Å². The summed E-state index contributed by atoms with van der Waals surface area (Å²) >= 11 is 0. The minimum Gasteiger partial charge on any atom is -0.341 e. The molecule has 0 bridgehead atoms. The van der Waals surface area contributed by atoms with Gasteiger partial charge in [0.05, 0.1) is 23.6 Å². The van der Waals surface area contributed by atoms with Crippen molar-refractivity contribution in [3.63, 3.8) is 0 Å². The van der Waals surface area contributed by atoms with Crippen LogP contribution in [-0.2, 0) is 6.54 Å². The lowest BCUT2D eigenvalue weighted by atomic mass is 10.0. The van der Waals surface area contributed by atoms with Gasteiger partial charge in [0, 0.05) is 23.5 Å². The van der Waals surface area contributed by atoms with Crippen molar-refractivity contribution in [2.24, 2.45) is 10.9 Å².